The number of sulfone groups is 1. The SMILES string of the molecule is Nc1c(S(=O)(=O)c2ccccc2)c(Nc2cccc(F)c2)nn1CC(=O)Nc1cccc(Cl)c1. The standard InChI is InChI=1S/C23H19ClFN5O3S/c24-15-6-4-8-17(12-15)27-20(31)14-30-22(26)21(34(32,33)19-10-2-1-3-11-19)23(29-30)28-18-9-5-7-16(25)13-18/h1-13H,14,26H2,(H,27,31)(H,28,29). The van der Waals surface area contributed by atoms with Gasteiger partial charge in [-0.25, -0.2) is 17.5 Å². The van der Waals surface area contributed by atoms with Gasteiger partial charge >= 0.3 is 0 Å². The molecule has 1 heterocycles. The maximum absolute atomic E-state index is 13.7. The van der Waals surface area contributed by atoms with Gasteiger partial charge in [0.25, 0.3) is 0 Å². The van der Waals surface area contributed by atoms with E-state index in [1.165, 1.54) is 30.3 Å². The van der Waals surface area contributed by atoms with Gasteiger partial charge in [0.15, 0.2) is 10.7 Å². The predicted molar refractivity (Wildman–Crippen MR) is 128 cm³/mol. The van der Waals surface area contributed by atoms with Crippen LogP contribution < -0.4 is 16.4 Å². The number of rotatable bonds is 7. The second kappa shape index (κ2) is 9.54. The molecule has 0 spiro atoms. The van der Waals surface area contributed by atoms with Gasteiger partial charge in [-0.15, -0.1) is 0 Å². The van der Waals surface area contributed by atoms with E-state index in [1.807, 2.05) is 0 Å². The van der Waals surface area contributed by atoms with Crippen LogP contribution in [0.25, 0.3) is 0 Å². The second-order valence-electron chi connectivity index (χ2n) is 7.23. The monoisotopic (exact) mass is 499 g/mol. The van der Waals surface area contributed by atoms with Crippen LogP contribution in [-0.4, -0.2) is 24.1 Å². The molecule has 0 saturated heterocycles. The van der Waals surface area contributed by atoms with Crippen molar-refractivity contribution in [3.05, 3.63) is 89.7 Å². The first-order valence-electron chi connectivity index (χ1n) is 9.98. The van der Waals surface area contributed by atoms with E-state index in [1.54, 1.807) is 48.5 Å². The fraction of sp³-hybridized carbons (Fsp3) is 0.0435. The summed E-state index contributed by atoms with van der Waals surface area (Å²) >= 11 is 5.94. The number of amides is 1. The molecule has 3 aromatic carbocycles. The average molecular weight is 500 g/mol. The van der Waals surface area contributed by atoms with E-state index in [0.717, 1.165) is 4.68 Å². The average Bonchev–Trinajstić information content (AvgIpc) is 3.09. The molecule has 1 aromatic heterocycles. The number of benzene rings is 3. The molecule has 0 saturated carbocycles. The number of hydrogen-bond acceptors (Lipinski definition) is 6. The molecular formula is C23H19ClFN5O3S. The first-order chi connectivity index (χ1) is 16.2. The van der Waals surface area contributed by atoms with Crippen LogP contribution in [0.4, 0.5) is 27.4 Å². The van der Waals surface area contributed by atoms with Crippen molar-refractivity contribution in [1.82, 2.24) is 9.78 Å². The van der Waals surface area contributed by atoms with Gasteiger partial charge in [0, 0.05) is 16.4 Å². The van der Waals surface area contributed by atoms with Crippen molar-refractivity contribution in [3.63, 3.8) is 0 Å². The van der Waals surface area contributed by atoms with Crippen LogP contribution in [0, 0.1) is 5.82 Å². The van der Waals surface area contributed by atoms with Gasteiger partial charge in [-0.1, -0.05) is 41.9 Å². The van der Waals surface area contributed by atoms with Crippen molar-refractivity contribution in [1.29, 1.82) is 0 Å². The first-order valence-corrected chi connectivity index (χ1v) is 11.8. The van der Waals surface area contributed by atoms with Crippen molar-refractivity contribution < 1.29 is 17.6 Å². The van der Waals surface area contributed by atoms with Crippen LogP contribution in [0.2, 0.25) is 5.02 Å². The number of nitrogen functional groups attached to an aromatic ring is 1. The Labute approximate surface area is 200 Å². The number of hydrogen-bond donors (Lipinski definition) is 3. The number of anilines is 4. The maximum Gasteiger partial charge on any atom is 0.246 e. The molecule has 4 aromatic rings. The molecule has 34 heavy (non-hydrogen) atoms. The van der Waals surface area contributed by atoms with Gasteiger partial charge in [0.1, 0.15) is 18.2 Å². The summed E-state index contributed by atoms with van der Waals surface area (Å²) in [6.45, 7) is -0.375. The Hall–Kier alpha value is -3.89. The normalized spacial score (nSPS) is 11.2. The van der Waals surface area contributed by atoms with E-state index < -0.39 is 21.6 Å². The number of halogens is 2. The van der Waals surface area contributed by atoms with Gasteiger partial charge in [0.05, 0.1) is 4.90 Å². The van der Waals surface area contributed by atoms with Gasteiger partial charge in [-0.2, -0.15) is 5.10 Å². The number of aromatic nitrogens is 2. The molecule has 4 N–H and O–H groups in total. The molecule has 0 bridgehead atoms. The smallest absolute Gasteiger partial charge is 0.246 e. The minimum Gasteiger partial charge on any atom is -0.383 e. The number of carbonyl (C=O) groups excluding carboxylic acids is 1. The topological polar surface area (TPSA) is 119 Å². The fourth-order valence-electron chi connectivity index (χ4n) is 3.25. The van der Waals surface area contributed by atoms with Crippen LogP contribution in [-0.2, 0) is 21.2 Å². The van der Waals surface area contributed by atoms with Gasteiger partial charge in [-0.3, -0.25) is 4.79 Å². The quantitative estimate of drug-likeness (QED) is 0.345. The number of carbonyl (C=O) groups is 1. The lowest BCUT2D eigenvalue weighted by Gasteiger charge is -2.08. The zero-order valence-corrected chi connectivity index (χ0v) is 19.1. The van der Waals surface area contributed by atoms with E-state index >= 15 is 0 Å². The van der Waals surface area contributed by atoms with E-state index in [4.69, 9.17) is 17.3 Å². The van der Waals surface area contributed by atoms with Crippen LogP contribution in [0.3, 0.4) is 0 Å². The minimum absolute atomic E-state index is 0.00748. The predicted octanol–water partition coefficient (Wildman–Crippen LogP) is 4.47. The first kappa shape index (κ1) is 23.3. The molecule has 0 aliphatic heterocycles. The van der Waals surface area contributed by atoms with E-state index in [-0.39, 0.29) is 33.7 Å². The lowest BCUT2D eigenvalue weighted by atomic mass is 10.3. The molecule has 0 fully saturated rings. The second-order valence-corrected chi connectivity index (χ2v) is 9.55. The fourth-order valence-corrected chi connectivity index (χ4v) is 4.92. The molecule has 0 unspecified atom stereocenters. The largest absolute Gasteiger partial charge is 0.383 e. The molecule has 0 radical (unpaired) electrons. The molecule has 1 amide bonds. The third-order valence-corrected chi connectivity index (χ3v) is 6.83. The molecule has 8 nitrogen and oxygen atoms in total. The van der Waals surface area contributed by atoms with Crippen LogP contribution in [0.5, 0.6) is 0 Å². The molecule has 174 valence electrons. The highest BCUT2D eigenvalue weighted by molar-refractivity contribution is 7.91. The summed E-state index contributed by atoms with van der Waals surface area (Å²) in [5.41, 5.74) is 6.90. The third kappa shape index (κ3) is 5.03. The van der Waals surface area contributed by atoms with Crippen LogP contribution >= 0.6 is 11.6 Å². The Morgan fingerprint density at radius 3 is 2.41 bits per heavy atom. The highest BCUT2D eigenvalue weighted by atomic mass is 35.5. The molecule has 4 rings (SSSR count). The minimum atomic E-state index is -4.12. The summed E-state index contributed by atoms with van der Waals surface area (Å²) in [6, 6.07) is 19.7. The van der Waals surface area contributed by atoms with Crippen LogP contribution in [0.1, 0.15) is 0 Å². The number of nitrogens with one attached hydrogen (secondary N) is 2. The molecule has 0 aliphatic rings. The highest BCUT2D eigenvalue weighted by Crippen LogP contribution is 2.34. The van der Waals surface area contributed by atoms with Crippen molar-refractivity contribution in [3.8, 4) is 0 Å². The Balaban J connectivity index is 1.72. The van der Waals surface area contributed by atoms with Crippen LogP contribution in [0.15, 0.2) is 88.7 Å². The van der Waals surface area contributed by atoms with Crippen molar-refractivity contribution in [2.24, 2.45) is 0 Å². The molecule has 11 heteroatoms. The molecular weight excluding hydrogens is 481 g/mol. The summed E-state index contributed by atoms with van der Waals surface area (Å²) in [5, 5.41) is 10.1. The van der Waals surface area contributed by atoms with E-state index in [2.05, 4.69) is 15.7 Å². The number of nitrogens with two attached hydrogens (primary N) is 1. The Bertz CT molecular complexity index is 1460. The van der Waals surface area contributed by atoms with Crippen molar-refractivity contribution >= 4 is 50.4 Å². The molecule has 0 atom stereocenters. The van der Waals surface area contributed by atoms with Crippen molar-refractivity contribution in [2.75, 3.05) is 16.4 Å². The summed E-state index contributed by atoms with van der Waals surface area (Å²) in [7, 11) is -4.12. The Morgan fingerprint density at radius 1 is 1.00 bits per heavy atom. The summed E-state index contributed by atoms with van der Waals surface area (Å²) in [4.78, 5) is 12.3. The maximum atomic E-state index is 13.7. The highest BCUT2D eigenvalue weighted by Gasteiger charge is 2.30. The summed E-state index contributed by atoms with van der Waals surface area (Å²) in [5.74, 6) is -1.41. The zero-order valence-electron chi connectivity index (χ0n) is 17.6. The van der Waals surface area contributed by atoms with Crippen molar-refractivity contribution in [2.45, 2.75) is 16.3 Å². The molecule has 0 aliphatic carbocycles. The summed E-state index contributed by atoms with van der Waals surface area (Å²) < 4.78 is 41.6. The lowest BCUT2D eigenvalue weighted by Crippen LogP contribution is -2.21. The van der Waals surface area contributed by atoms with Gasteiger partial charge in [-0.05, 0) is 48.5 Å². The number of nitrogens with zero attached hydrogens (tertiary/aromatic N) is 2. The third-order valence-electron chi connectivity index (χ3n) is 4.76. The Morgan fingerprint density at radius 2 is 1.71 bits per heavy atom. The van der Waals surface area contributed by atoms with Gasteiger partial charge in [0.2, 0.25) is 15.7 Å². The van der Waals surface area contributed by atoms with E-state index in [0.29, 0.717) is 10.7 Å². The van der Waals surface area contributed by atoms with Gasteiger partial charge < -0.3 is 16.4 Å². The van der Waals surface area contributed by atoms with E-state index in [9.17, 15) is 17.6 Å². The Kier molecular flexibility index (Phi) is 6.53. The zero-order chi connectivity index (χ0) is 24.3. The lowest BCUT2D eigenvalue weighted by molar-refractivity contribution is -0.116. The summed E-state index contributed by atoms with van der Waals surface area (Å²) in [6.07, 6.45) is 0.